The van der Waals surface area contributed by atoms with Crippen molar-refractivity contribution in [2.75, 3.05) is 14.2 Å². The van der Waals surface area contributed by atoms with Crippen LogP contribution in [0.25, 0.3) is 11.0 Å². The Morgan fingerprint density at radius 1 is 0.968 bits per heavy atom. The van der Waals surface area contributed by atoms with Gasteiger partial charge in [-0.2, -0.15) is 0 Å². The van der Waals surface area contributed by atoms with Crippen molar-refractivity contribution >= 4 is 22.9 Å². The fraction of sp³-hybridized carbons (Fsp3) is 0.208. The van der Waals surface area contributed by atoms with Crippen LogP contribution in [0, 0.1) is 6.92 Å². The number of hydrogen-bond acceptors (Lipinski definition) is 7. The topological polar surface area (TPSA) is 92.0 Å². The lowest BCUT2D eigenvalue weighted by atomic mass is 9.76. The van der Waals surface area contributed by atoms with Gasteiger partial charge in [0, 0.05) is 0 Å². The molecule has 2 aliphatic heterocycles. The summed E-state index contributed by atoms with van der Waals surface area (Å²) in [6.45, 7) is 1.92. The quantitative estimate of drug-likeness (QED) is 0.604. The van der Waals surface area contributed by atoms with Crippen LogP contribution >= 0.6 is 0 Å². The van der Waals surface area contributed by atoms with Crippen molar-refractivity contribution in [2.45, 2.75) is 18.6 Å². The molecule has 0 saturated carbocycles. The van der Waals surface area contributed by atoms with E-state index < -0.39 is 23.6 Å². The monoisotopic (exact) mass is 418 g/mol. The smallest absolute Gasteiger partial charge is 0.338 e. The van der Waals surface area contributed by atoms with E-state index >= 15 is 0 Å². The fourth-order valence-electron chi connectivity index (χ4n) is 4.45. The van der Waals surface area contributed by atoms with E-state index in [9.17, 15) is 14.4 Å². The second-order valence-electron chi connectivity index (χ2n) is 7.49. The van der Waals surface area contributed by atoms with Gasteiger partial charge in [0.2, 0.25) is 0 Å². The first-order chi connectivity index (χ1) is 14.9. The molecule has 2 aliphatic rings. The number of hydrogen-bond donors (Lipinski definition) is 0. The lowest BCUT2D eigenvalue weighted by Crippen LogP contribution is -2.35. The second kappa shape index (κ2) is 6.65. The van der Waals surface area contributed by atoms with Crippen LogP contribution in [-0.4, -0.2) is 26.2 Å². The van der Waals surface area contributed by atoms with Gasteiger partial charge in [0.05, 0.1) is 36.3 Å². The minimum atomic E-state index is -1.60. The molecular formula is C24H18O7. The van der Waals surface area contributed by atoms with E-state index in [0.29, 0.717) is 16.5 Å². The van der Waals surface area contributed by atoms with E-state index in [-0.39, 0.29) is 27.9 Å². The molecule has 0 N–H and O–H groups in total. The number of methoxy groups -OCH3 is 2. The first-order valence-corrected chi connectivity index (χ1v) is 9.66. The third-order valence-corrected chi connectivity index (χ3v) is 5.85. The summed E-state index contributed by atoms with van der Waals surface area (Å²) in [5.41, 5.74) is 0.0649. The van der Waals surface area contributed by atoms with E-state index in [4.69, 9.17) is 18.6 Å². The third-order valence-electron chi connectivity index (χ3n) is 5.85. The normalized spacial score (nSPS) is 21.3. The van der Waals surface area contributed by atoms with Gasteiger partial charge in [-0.15, -0.1) is 0 Å². The number of esters is 2. The first kappa shape index (κ1) is 19.3. The van der Waals surface area contributed by atoms with Crippen LogP contribution in [0.2, 0.25) is 0 Å². The molecule has 2 atom stereocenters. The maximum atomic E-state index is 13.4. The predicted molar refractivity (Wildman–Crippen MR) is 109 cm³/mol. The largest absolute Gasteiger partial charge is 0.466 e. The molecule has 156 valence electrons. The molecule has 0 radical (unpaired) electrons. The van der Waals surface area contributed by atoms with Crippen molar-refractivity contribution in [3.05, 3.63) is 92.4 Å². The average molecular weight is 418 g/mol. The van der Waals surface area contributed by atoms with Crippen molar-refractivity contribution in [1.29, 1.82) is 0 Å². The molecular weight excluding hydrogens is 400 g/mol. The van der Waals surface area contributed by atoms with Gasteiger partial charge in [0.1, 0.15) is 11.7 Å². The van der Waals surface area contributed by atoms with Crippen LogP contribution in [0.4, 0.5) is 0 Å². The van der Waals surface area contributed by atoms with Gasteiger partial charge in [-0.05, 0) is 24.6 Å². The molecule has 7 heteroatoms. The SMILES string of the molecule is COC(=O)C1=C(C(=O)OC)C2(c3ccc(C)cc3)OC1c1c2oc2ccccc2c1=O. The third kappa shape index (κ3) is 2.41. The van der Waals surface area contributed by atoms with Crippen LogP contribution < -0.4 is 5.43 Å². The molecule has 1 aromatic heterocycles. The number of benzene rings is 2. The predicted octanol–water partition coefficient (Wildman–Crippen LogP) is 3.07. The summed E-state index contributed by atoms with van der Waals surface area (Å²) in [5.74, 6) is -1.35. The van der Waals surface area contributed by atoms with E-state index in [1.165, 1.54) is 14.2 Å². The van der Waals surface area contributed by atoms with Crippen LogP contribution in [0.5, 0.6) is 0 Å². The van der Waals surface area contributed by atoms with Crippen molar-refractivity contribution in [3.8, 4) is 0 Å². The highest BCUT2D eigenvalue weighted by Gasteiger charge is 2.64. The van der Waals surface area contributed by atoms with Crippen LogP contribution in [0.15, 0.2) is 68.9 Å². The molecule has 0 fully saturated rings. The molecule has 7 nitrogen and oxygen atoms in total. The summed E-state index contributed by atoms with van der Waals surface area (Å²) in [5, 5.41) is 0.361. The molecule has 2 unspecified atom stereocenters. The van der Waals surface area contributed by atoms with Crippen LogP contribution in [0.1, 0.15) is 28.6 Å². The first-order valence-electron chi connectivity index (χ1n) is 9.66. The fourth-order valence-corrected chi connectivity index (χ4v) is 4.45. The van der Waals surface area contributed by atoms with Crippen molar-refractivity contribution in [1.82, 2.24) is 0 Å². The number of fused-ring (bicyclic) bond motifs is 6. The Balaban J connectivity index is 1.94. The number of ether oxygens (including phenoxy) is 3. The zero-order chi connectivity index (χ0) is 21.9. The maximum absolute atomic E-state index is 13.4. The number of carbonyl (C=O) groups excluding carboxylic acids is 2. The summed E-state index contributed by atoms with van der Waals surface area (Å²) >= 11 is 0. The van der Waals surface area contributed by atoms with E-state index in [2.05, 4.69) is 0 Å². The summed E-state index contributed by atoms with van der Waals surface area (Å²) in [4.78, 5) is 39.1. The number of para-hydroxylation sites is 1. The molecule has 0 saturated heterocycles. The molecule has 2 bridgehead atoms. The highest BCUT2D eigenvalue weighted by molar-refractivity contribution is 6.05. The van der Waals surface area contributed by atoms with E-state index in [0.717, 1.165) is 5.56 Å². The average Bonchev–Trinajstić information content (AvgIpc) is 3.31. The minimum absolute atomic E-state index is 0.0402. The Morgan fingerprint density at radius 2 is 1.65 bits per heavy atom. The summed E-state index contributed by atoms with van der Waals surface area (Å²) in [6, 6.07) is 14.1. The zero-order valence-electron chi connectivity index (χ0n) is 17.1. The number of rotatable bonds is 3. The van der Waals surface area contributed by atoms with Crippen LogP contribution in [0.3, 0.4) is 0 Å². The maximum Gasteiger partial charge on any atom is 0.338 e. The standard InChI is InChI=1S/C24H18O7/c1-12-8-10-13(11-9-12)24-18(23(27)29-3)16(22(26)28-2)20(31-24)17-19(25)14-6-4-5-7-15(14)30-21(17)24/h4-11,20H,1-3H3. The molecule has 3 heterocycles. The summed E-state index contributed by atoms with van der Waals surface area (Å²) in [6.07, 6.45) is -1.11. The summed E-state index contributed by atoms with van der Waals surface area (Å²) in [7, 11) is 2.43. The molecule has 31 heavy (non-hydrogen) atoms. The molecule has 0 spiro atoms. The highest BCUT2D eigenvalue weighted by Crippen LogP contribution is 2.60. The summed E-state index contributed by atoms with van der Waals surface area (Å²) < 4.78 is 22.4. The number of carbonyl (C=O) groups is 2. The molecule has 0 amide bonds. The lowest BCUT2D eigenvalue weighted by molar-refractivity contribution is -0.139. The van der Waals surface area contributed by atoms with Gasteiger partial charge < -0.3 is 18.6 Å². The van der Waals surface area contributed by atoms with Gasteiger partial charge >= 0.3 is 11.9 Å². The Morgan fingerprint density at radius 3 is 2.32 bits per heavy atom. The van der Waals surface area contributed by atoms with Crippen molar-refractivity contribution in [3.63, 3.8) is 0 Å². The van der Waals surface area contributed by atoms with Crippen LogP contribution in [-0.2, 0) is 29.4 Å². The minimum Gasteiger partial charge on any atom is -0.466 e. The van der Waals surface area contributed by atoms with Crippen molar-refractivity contribution < 1.29 is 28.2 Å². The molecule has 0 aliphatic carbocycles. The van der Waals surface area contributed by atoms with E-state index in [1.54, 1.807) is 36.4 Å². The van der Waals surface area contributed by atoms with Gasteiger partial charge in [-0.3, -0.25) is 4.79 Å². The second-order valence-corrected chi connectivity index (χ2v) is 7.49. The van der Waals surface area contributed by atoms with Gasteiger partial charge in [-0.1, -0.05) is 42.0 Å². The lowest BCUT2D eigenvalue weighted by Gasteiger charge is -2.28. The Hall–Kier alpha value is -3.71. The number of aryl methyl sites for hydroxylation is 1. The van der Waals surface area contributed by atoms with Gasteiger partial charge in [-0.25, -0.2) is 9.59 Å². The van der Waals surface area contributed by atoms with Gasteiger partial charge in [0.15, 0.2) is 16.8 Å². The highest BCUT2D eigenvalue weighted by atomic mass is 16.6. The Bertz CT molecular complexity index is 1350. The Labute approximate surface area is 176 Å². The Kier molecular flexibility index (Phi) is 4.13. The molecule has 2 aromatic carbocycles. The van der Waals surface area contributed by atoms with Gasteiger partial charge in [0.25, 0.3) is 0 Å². The van der Waals surface area contributed by atoms with Crippen molar-refractivity contribution in [2.24, 2.45) is 0 Å². The molecule has 3 aromatic rings. The van der Waals surface area contributed by atoms with E-state index in [1.807, 2.05) is 19.1 Å². The zero-order valence-corrected chi connectivity index (χ0v) is 17.1. The molecule has 5 rings (SSSR count).